The Morgan fingerprint density at radius 3 is 2.33 bits per heavy atom. The Balaban J connectivity index is 3.49. The fraction of sp³-hybridized carbons (Fsp3) is 0.818. The Kier molecular flexibility index (Phi) is 5.23. The molecule has 0 aliphatic carbocycles. The van der Waals surface area contributed by atoms with Crippen molar-refractivity contribution in [2.24, 2.45) is 5.92 Å². The normalized spacial score (nSPS) is 15.4. The molecule has 1 N–H and O–H groups in total. The first-order valence-electron chi connectivity index (χ1n) is 4.87. The molecule has 0 amide bonds. The molecular weight excluding hydrogens is 146 g/mol. The summed E-state index contributed by atoms with van der Waals surface area (Å²) in [4.78, 5) is 0. The molecule has 0 rings (SSSR count). The van der Waals surface area contributed by atoms with E-state index in [4.69, 9.17) is 0 Å². The maximum Gasteiger partial charge on any atom is 0.0139 e. The Hall–Kier alpha value is -0.300. The van der Waals surface area contributed by atoms with E-state index < -0.39 is 0 Å². The SMILES string of the molecule is CCC(C)/C=C/CNC(C)(C)C. The highest BCUT2D eigenvalue weighted by Crippen LogP contribution is 2.02. The quantitative estimate of drug-likeness (QED) is 0.638. The zero-order chi connectivity index (χ0) is 9.61. The summed E-state index contributed by atoms with van der Waals surface area (Å²) in [7, 11) is 0. The average molecular weight is 169 g/mol. The molecule has 0 fully saturated rings. The topological polar surface area (TPSA) is 12.0 Å². The van der Waals surface area contributed by atoms with Crippen LogP contribution in [0.5, 0.6) is 0 Å². The molecule has 1 atom stereocenters. The van der Waals surface area contributed by atoms with Crippen LogP contribution in [-0.4, -0.2) is 12.1 Å². The molecule has 0 aromatic rings. The van der Waals surface area contributed by atoms with Gasteiger partial charge < -0.3 is 5.32 Å². The summed E-state index contributed by atoms with van der Waals surface area (Å²) in [6.07, 6.45) is 5.73. The van der Waals surface area contributed by atoms with Gasteiger partial charge in [-0.25, -0.2) is 0 Å². The lowest BCUT2D eigenvalue weighted by molar-refractivity contribution is 0.449. The largest absolute Gasteiger partial charge is 0.309 e. The van der Waals surface area contributed by atoms with Gasteiger partial charge in [-0.2, -0.15) is 0 Å². The molecule has 0 spiro atoms. The fourth-order valence-corrected chi connectivity index (χ4v) is 0.802. The van der Waals surface area contributed by atoms with Gasteiger partial charge in [0.1, 0.15) is 0 Å². The fourth-order valence-electron chi connectivity index (χ4n) is 0.802. The van der Waals surface area contributed by atoms with Crippen LogP contribution in [0, 0.1) is 5.92 Å². The third-order valence-electron chi connectivity index (χ3n) is 1.86. The van der Waals surface area contributed by atoms with Gasteiger partial charge in [0, 0.05) is 12.1 Å². The molecule has 0 saturated heterocycles. The van der Waals surface area contributed by atoms with Crippen molar-refractivity contribution < 1.29 is 0 Å². The second-order valence-electron chi connectivity index (χ2n) is 4.44. The highest BCUT2D eigenvalue weighted by molar-refractivity contribution is 4.89. The molecule has 0 aliphatic heterocycles. The summed E-state index contributed by atoms with van der Waals surface area (Å²) in [5.74, 6) is 0.715. The van der Waals surface area contributed by atoms with Gasteiger partial charge in [0.2, 0.25) is 0 Å². The second kappa shape index (κ2) is 5.36. The molecule has 0 aromatic carbocycles. The summed E-state index contributed by atoms with van der Waals surface area (Å²) in [6.45, 7) is 12.0. The summed E-state index contributed by atoms with van der Waals surface area (Å²) in [5.41, 5.74) is 0.236. The van der Waals surface area contributed by atoms with Crippen LogP contribution in [-0.2, 0) is 0 Å². The van der Waals surface area contributed by atoms with Crippen molar-refractivity contribution in [3.63, 3.8) is 0 Å². The smallest absolute Gasteiger partial charge is 0.0139 e. The molecule has 1 nitrogen and oxygen atoms in total. The average Bonchev–Trinajstić information content (AvgIpc) is 1.96. The molecule has 12 heavy (non-hydrogen) atoms. The molecular formula is C11H23N. The van der Waals surface area contributed by atoms with Crippen LogP contribution in [0.4, 0.5) is 0 Å². The molecule has 1 unspecified atom stereocenters. The second-order valence-corrected chi connectivity index (χ2v) is 4.44. The number of nitrogens with one attached hydrogen (secondary N) is 1. The summed E-state index contributed by atoms with van der Waals surface area (Å²) in [6, 6.07) is 0. The lowest BCUT2D eigenvalue weighted by Crippen LogP contribution is -2.35. The minimum absolute atomic E-state index is 0.236. The van der Waals surface area contributed by atoms with E-state index in [2.05, 4.69) is 52.1 Å². The minimum atomic E-state index is 0.236. The number of rotatable bonds is 4. The molecule has 0 saturated carbocycles. The van der Waals surface area contributed by atoms with Gasteiger partial charge in [0.05, 0.1) is 0 Å². The molecule has 0 aliphatic rings. The van der Waals surface area contributed by atoms with Gasteiger partial charge in [-0.15, -0.1) is 0 Å². The van der Waals surface area contributed by atoms with E-state index >= 15 is 0 Å². The van der Waals surface area contributed by atoms with Crippen molar-refractivity contribution in [3.05, 3.63) is 12.2 Å². The first-order chi connectivity index (χ1) is 5.45. The summed E-state index contributed by atoms with van der Waals surface area (Å²) >= 11 is 0. The maximum atomic E-state index is 3.41. The molecule has 0 aromatic heterocycles. The minimum Gasteiger partial charge on any atom is -0.309 e. The highest BCUT2D eigenvalue weighted by atomic mass is 14.9. The van der Waals surface area contributed by atoms with Crippen molar-refractivity contribution in [3.8, 4) is 0 Å². The standard InChI is InChI=1S/C11H23N/c1-6-10(2)8-7-9-12-11(3,4)5/h7-8,10,12H,6,9H2,1-5H3/b8-7+. The monoisotopic (exact) mass is 169 g/mol. The Morgan fingerprint density at radius 2 is 1.92 bits per heavy atom. The van der Waals surface area contributed by atoms with E-state index in [1.165, 1.54) is 6.42 Å². The third-order valence-corrected chi connectivity index (χ3v) is 1.86. The van der Waals surface area contributed by atoms with Crippen LogP contribution in [0.25, 0.3) is 0 Å². The van der Waals surface area contributed by atoms with Crippen LogP contribution in [0.15, 0.2) is 12.2 Å². The first kappa shape index (κ1) is 11.7. The van der Waals surface area contributed by atoms with E-state index in [1.807, 2.05) is 0 Å². The van der Waals surface area contributed by atoms with Crippen LogP contribution >= 0.6 is 0 Å². The van der Waals surface area contributed by atoms with Crippen molar-refractivity contribution in [1.82, 2.24) is 5.32 Å². The van der Waals surface area contributed by atoms with Crippen LogP contribution in [0.2, 0.25) is 0 Å². The number of allylic oxidation sites excluding steroid dienone is 1. The third kappa shape index (κ3) is 7.80. The van der Waals surface area contributed by atoms with Crippen LogP contribution < -0.4 is 5.32 Å². The first-order valence-corrected chi connectivity index (χ1v) is 4.87. The van der Waals surface area contributed by atoms with Crippen molar-refractivity contribution in [2.75, 3.05) is 6.54 Å². The van der Waals surface area contributed by atoms with Gasteiger partial charge in [-0.05, 0) is 26.7 Å². The predicted molar refractivity (Wildman–Crippen MR) is 56.4 cm³/mol. The Labute approximate surface area is 77.2 Å². The van der Waals surface area contributed by atoms with Crippen molar-refractivity contribution in [2.45, 2.75) is 46.6 Å². The van der Waals surface area contributed by atoms with Gasteiger partial charge >= 0.3 is 0 Å². The molecule has 1 heteroatoms. The zero-order valence-electron chi connectivity index (χ0n) is 9.15. The Bertz CT molecular complexity index is 130. The van der Waals surface area contributed by atoms with E-state index in [0.717, 1.165) is 6.54 Å². The molecule has 0 radical (unpaired) electrons. The van der Waals surface area contributed by atoms with E-state index in [-0.39, 0.29) is 5.54 Å². The number of hydrogen-bond donors (Lipinski definition) is 1. The Morgan fingerprint density at radius 1 is 1.33 bits per heavy atom. The van der Waals surface area contributed by atoms with E-state index in [9.17, 15) is 0 Å². The molecule has 72 valence electrons. The molecule has 0 bridgehead atoms. The van der Waals surface area contributed by atoms with Crippen LogP contribution in [0.1, 0.15) is 41.0 Å². The maximum absolute atomic E-state index is 3.41. The summed E-state index contributed by atoms with van der Waals surface area (Å²) in [5, 5.41) is 3.41. The summed E-state index contributed by atoms with van der Waals surface area (Å²) < 4.78 is 0. The van der Waals surface area contributed by atoms with Crippen molar-refractivity contribution in [1.29, 1.82) is 0 Å². The van der Waals surface area contributed by atoms with Gasteiger partial charge in [-0.1, -0.05) is 32.4 Å². The zero-order valence-corrected chi connectivity index (χ0v) is 9.15. The van der Waals surface area contributed by atoms with Crippen molar-refractivity contribution >= 4 is 0 Å². The predicted octanol–water partition coefficient (Wildman–Crippen LogP) is 2.98. The van der Waals surface area contributed by atoms with E-state index in [1.54, 1.807) is 0 Å². The molecule has 0 heterocycles. The lowest BCUT2D eigenvalue weighted by atomic mass is 10.1. The van der Waals surface area contributed by atoms with Gasteiger partial charge in [0.25, 0.3) is 0 Å². The van der Waals surface area contributed by atoms with Crippen LogP contribution in [0.3, 0.4) is 0 Å². The number of hydrogen-bond acceptors (Lipinski definition) is 1. The lowest BCUT2D eigenvalue weighted by Gasteiger charge is -2.19. The van der Waals surface area contributed by atoms with Gasteiger partial charge in [-0.3, -0.25) is 0 Å². The van der Waals surface area contributed by atoms with Gasteiger partial charge in [0.15, 0.2) is 0 Å². The van der Waals surface area contributed by atoms with E-state index in [0.29, 0.717) is 5.92 Å². The highest BCUT2D eigenvalue weighted by Gasteiger charge is 2.05.